The van der Waals surface area contributed by atoms with E-state index in [9.17, 15) is 13.2 Å². The molecule has 1 aromatic heterocycles. The van der Waals surface area contributed by atoms with Gasteiger partial charge >= 0.3 is 6.18 Å². The number of pyridine rings is 1. The summed E-state index contributed by atoms with van der Waals surface area (Å²) in [6.07, 6.45) is -2.34. The average Bonchev–Trinajstić information content (AvgIpc) is 2.85. The van der Waals surface area contributed by atoms with Crippen LogP contribution in [0, 0.1) is 5.92 Å². The van der Waals surface area contributed by atoms with E-state index < -0.39 is 11.7 Å². The minimum atomic E-state index is -4.32. The maximum atomic E-state index is 12.4. The van der Waals surface area contributed by atoms with Crippen molar-refractivity contribution in [2.24, 2.45) is 5.92 Å². The first kappa shape index (κ1) is 15.1. The Bertz CT molecular complexity index is 428. The molecule has 0 aromatic carbocycles. The summed E-state index contributed by atoms with van der Waals surface area (Å²) in [5, 5.41) is 3.12. The molecule has 1 N–H and O–H groups in total. The second kappa shape index (κ2) is 5.99. The number of hydrogen-bond acceptors (Lipinski definition) is 3. The highest BCUT2D eigenvalue weighted by Gasteiger charge is 2.30. The molecule has 6 heteroatoms. The summed E-state index contributed by atoms with van der Waals surface area (Å²) in [6, 6.07) is 2.99. The van der Waals surface area contributed by atoms with Crippen molar-refractivity contribution in [3.8, 4) is 0 Å². The van der Waals surface area contributed by atoms with Crippen LogP contribution in [0.5, 0.6) is 0 Å². The second-order valence-corrected chi connectivity index (χ2v) is 5.55. The van der Waals surface area contributed by atoms with Crippen LogP contribution in [-0.2, 0) is 6.18 Å². The van der Waals surface area contributed by atoms with E-state index in [1.807, 2.05) is 0 Å². The van der Waals surface area contributed by atoms with Crippen LogP contribution >= 0.6 is 0 Å². The van der Waals surface area contributed by atoms with Crippen LogP contribution in [0.15, 0.2) is 18.3 Å². The standard InChI is InChI=1S/C14H20F3N3/c1-10(2)20-6-5-11(9-20)7-18-13-4-3-12(8-19-13)14(15,16)17/h3-4,8,10-11H,5-7,9H2,1-2H3,(H,18,19). The summed E-state index contributed by atoms with van der Waals surface area (Å²) in [5.74, 6) is 1.03. The Kier molecular flexibility index (Phi) is 4.52. The first-order valence-corrected chi connectivity index (χ1v) is 6.87. The van der Waals surface area contributed by atoms with Crippen LogP contribution < -0.4 is 5.32 Å². The molecule has 112 valence electrons. The Morgan fingerprint density at radius 2 is 2.15 bits per heavy atom. The van der Waals surface area contributed by atoms with Gasteiger partial charge in [0.2, 0.25) is 0 Å². The molecule has 0 amide bonds. The Morgan fingerprint density at radius 1 is 1.40 bits per heavy atom. The number of alkyl halides is 3. The van der Waals surface area contributed by atoms with E-state index in [-0.39, 0.29) is 0 Å². The van der Waals surface area contributed by atoms with Gasteiger partial charge in [-0.2, -0.15) is 13.2 Å². The fourth-order valence-electron chi connectivity index (χ4n) is 2.41. The third-order valence-corrected chi connectivity index (χ3v) is 3.71. The van der Waals surface area contributed by atoms with Gasteiger partial charge in [0.1, 0.15) is 5.82 Å². The molecular weight excluding hydrogens is 267 g/mol. The van der Waals surface area contributed by atoms with E-state index >= 15 is 0 Å². The van der Waals surface area contributed by atoms with Gasteiger partial charge < -0.3 is 10.2 Å². The third-order valence-electron chi connectivity index (χ3n) is 3.71. The van der Waals surface area contributed by atoms with Gasteiger partial charge in [-0.3, -0.25) is 0 Å². The molecule has 1 aromatic rings. The minimum absolute atomic E-state index is 0.501. The molecule has 1 atom stereocenters. The van der Waals surface area contributed by atoms with Crippen LogP contribution in [0.3, 0.4) is 0 Å². The SMILES string of the molecule is CC(C)N1CCC(CNc2ccc(C(F)(F)F)cn2)C1. The summed E-state index contributed by atoms with van der Waals surface area (Å²) in [5.41, 5.74) is -0.713. The number of nitrogens with zero attached hydrogens (tertiary/aromatic N) is 2. The molecule has 0 saturated carbocycles. The molecule has 0 bridgehead atoms. The fourth-order valence-corrected chi connectivity index (χ4v) is 2.41. The topological polar surface area (TPSA) is 28.2 Å². The van der Waals surface area contributed by atoms with E-state index in [1.54, 1.807) is 0 Å². The van der Waals surface area contributed by atoms with Gasteiger partial charge in [0.25, 0.3) is 0 Å². The maximum absolute atomic E-state index is 12.4. The van der Waals surface area contributed by atoms with Crippen LogP contribution in [0.1, 0.15) is 25.8 Å². The van der Waals surface area contributed by atoms with E-state index in [0.29, 0.717) is 17.8 Å². The van der Waals surface area contributed by atoms with Gasteiger partial charge in [0, 0.05) is 25.3 Å². The van der Waals surface area contributed by atoms with E-state index in [1.165, 1.54) is 6.07 Å². The molecule has 3 nitrogen and oxygen atoms in total. The lowest BCUT2D eigenvalue weighted by Gasteiger charge is -2.20. The zero-order chi connectivity index (χ0) is 14.8. The monoisotopic (exact) mass is 287 g/mol. The van der Waals surface area contributed by atoms with Gasteiger partial charge in [0.15, 0.2) is 0 Å². The third kappa shape index (κ3) is 3.85. The number of rotatable bonds is 4. The van der Waals surface area contributed by atoms with Crippen molar-refractivity contribution in [1.82, 2.24) is 9.88 Å². The molecule has 0 aliphatic carbocycles. The quantitative estimate of drug-likeness (QED) is 0.921. The zero-order valence-electron chi connectivity index (χ0n) is 11.7. The van der Waals surface area contributed by atoms with Crippen molar-refractivity contribution < 1.29 is 13.2 Å². The number of anilines is 1. The Labute approximate surface area is 117 Å². The van der Waals surface area contributed by atoms with Gasteiger partial charge in [-0.1, -0.05) is 0 Å². The number of hydrogen-bond donors (Lipinski definition) is 1. The maximum Gasteiger partial charge on any atom is 0.417 e. The van der Waals surface area contributed by atoms with Crippen LogP contribution in [0.4, 0.5) is 19.0 Å². The summed E-state index contributed by atoms with van der Waals surface area (Å²) in [4.78, 5) is 6.22. The van der Waals surface area contributed by atoms with Gasteiger partial charge in [-0.05, 0) is 44.9 Å². The largest absolute Gasteiger partial charge is 0.417 e. The number of likely N-dealkylation sites (tertiary alicyclic amines) is 1. The summed E-state index contributed by atoms with van der Waals surface area (Å²) in [6.45, 7) is 7.22. The van der Waals surface area contributed by atoms with E-state index in [4.69, 9.17) is 0 Å². The highest BCUT2D eigenvalue weighted by molar-refractivity contribution is 5.36. The van der Waals surface area contributed by atoms with Crippen LogP contribution in [0.25, 0.3) is 0 Å². The lowest BCUT2D eigenvalue weighted by molar-refractivity contribution is -0.137. The van der Waals surface area contributed by atoms with Gasteiger partial charge in [0.05, 0.1) is 5.56 Å². The first-order valence-electron chi connectivity index (χ1n) is 6.87. The molecule has 1 aliphatic rings. The molecular formula is C14H20F3N3. The predicted octanol–water partition coefficient (Wildman–Crippen LogP) is 3.24. The lowest BCUT2D eigenvalue weighted by Crippen LogP contribution is -2.29. The van der Waals surface area contributed by atoms with Crippen molar-refractivity contribution in [2.75, 3.05) is 25.0 Å². The Hall–Kier alpha value is -1.30. The highest BCUT2D eigenvalue weighted by atomic mass is 19.4. The summed E-state index contributed by atoms with van der Waals surface area (Å²) >= 11 is 0. The molecule has 2 heterocycles. The molecule has 0 spiro atoms. The first-order chi connectivity index (χ1) is 9.36. The molecule has 1 unspecified atom stereocenters. The number of aromatic nitrogens is 1. The highest BCUT2D eigenvalue weighted by Crippen LogP contribution is 2.29. The van der Waals surface area contributed by atoms with Crippen molar-refractivity contribution >= 4 is 5.82 Å². The molecule has 1 fully saturated rings. The Balaban J connectivity index is 1.83. The van der Waals surface area contributed by atoms with Crippen LogP contribution in [-0.4, -0.2) is 35.6 Å². The Morgan fingerprint density at radius 3 is 2.65 bits per heavy atom. The predicted molar refractivity (Wildman–Crippen MR) is 72.5 cm³/mol. The van der Waals surface area contributed by atoms with Crippen molar-refractivity contribution in [3.63, 3.8) is 0 Å². The summed E-state index contributed by atoms with van der Waals surface area (Å²) < 4.78 is 37.2. The van der Waals surface area contributed by atoms with Crippen molar-refractivity contribution in [2.45, 2.75) is 32.5 Å². The smallest absolute Gasteiger partial charge is 0.370 e. The average molecular weight is 287 g/mol. The molecule has 2 rings (SSSR count). The van der Waals surface area contributed by atoms with E-state index in [2.05, 4.69) is 29.0 Å². The number of nitrogens with one attached hydrogen (secondary N) is 1. The molecule has 20 heavy (non-hydrogen) atoms. The second-order valence-electron chi connectivity index (χ2n) is 5.55. The lowest BCUT2D eigenvalue weighted by atomic mass is 10.1. The molecule has 1 saturated heterocycles. The van der Waals surface area contributed by atoms with E-state index in [0.717, 1.165) is 38.3 Å². The molecule has 0 radical (unpaired) electrons. The normalized spacial score (nSPS) is 20.6. The van der Waals surface area contributed by atoms with Crippen molar-refractivity contribution in [3.05, 3.63) is 23.9 Å². The minimum Gasteiger partial charge on any atom is -0.370 e. The van der Waals surface area contributed by atoms with Gasteiger partial charge in [-0.15, -0.1) is 0 Å². The van der Waals surface area contributed by atoms with Gasteiger partial charge in [-0.25, -0.2) is 4.98 Å². The number of halogens is 3. The summed E-state index contributed by atoms with van der Waals surface area (Å²) in [7, 11) is 0. The zero-order valence-corrected chi connectivity index (χ0v) is 11.7. The van der Waals surface area contributed by atoms with Crippen LogP contribution in [0.2, 0.25) is 0 Å². The fraction of sp³-hybridized carbons (Fsp3) is 0.643. The molecule has 1 aliphatic heterocycles. The van der Waals surface area contributed by atoms with Crippen molar-refractivity contribution in [1.29, 1.82) is 0 Å².